The van der Waals surface area contributed by atoms with E-state index < -0.39 is 8.32 Å². The number of hydrogen-bond donors (Lipinski definition) is 0. The SMILES string of the molecule is C#C/C(C)=C/[C@H](C)[C@H](C/C=C(/C)C(=O)OC)O[Si](C)(C)C(C)(C)C. The average molecular weight is 351 g/mol. The van der Waals surface area contributed by atoms with E-state index in [9.17, 15) is 4.79 Å². The second-order valence-corrected chi connectivity index (χ2v) is 12.6. The summed E-state index contributed by atoms with van der Waals surface area (Å²) in [6.07, 6.45) is 10.1. The summed E-state index contributed by atoms with van der Waals surface area (Å²) < 4.78 is 11.4. The maximum absolute atomic E-state index is 11.6. The quantitative estimate of drug-likeness (QED) is 0.277. The maximum atomic E-state index is 11.6. The van der Waals surface area contributed by atoms with E-state index in [1.807, 2.05) is 13.0 Å². The van der Waals surface area contributed by atoms with Crippen LogP contribution in [0.25, 0.3) is 0 Å². The van der Waals surface area contributed by atoms with Crippen LogP contribution in [0, 0.1) is 18.3 Å². The van der Waals surface area contributed by atoms with Crippen molar-refractivity contribution in [3.05, 3.63) is 23.3 Å². The third-order valence-electron chi connectivity index (χ3n) is 4.74. The molecule has 0 saturated carbocycles. The van der Waals surface area contributed by atoms with Gasteiger partial charge in [0, 0.05) is 11.5 Å². The van der Waals surface area contributed by atoms with Gasteiger partial charge in [-0.25, -0.2) is 4.79 Å². The summed E-state index contributed by atoms with van der Waals surface area (Å²) in [7, 11) is -0.532. The summed E-state index contributed by atoms with van der Waals surface area (Å²) in [5, 5.41) is 0.122. The van der Waals surface area contributed by atoms with Crippen molar-refractivity contribution in [1.29, 1.82) is 0 Å². The van der Waals surface area contributed by atoms with Crippen LogP contribution in [0.1, 0.15) is 48.0 Å². The zero-order valence-electron chi connectivity index (χ0n) is 16.8. The lowest BCUT2D eigenvalue weighted by molar-refractivity contribution is -0.136. The number of carbonyl (C=O) groups excluding carboxylic acids is 1. The van der Waals surface area contributed by atoms with Crippen LogP contribution in [0.3, 0.4) is 0 Å². The Morgan fingerprint density at radius 2 is 1.83 bits per heavy atom. The first kappa shape index (κ1) is 22.7. The van der Waals surface area contributed by atoms with Crippen LogP contribution >= 0.6 is 0 Å². The Hall–Kier alpha value is -1.31. The van der Waals surface area contributed by atoms with Gasteiger partial charge >= 0.3 is 5.97 Å². The smallest absolute Gasteiger partial charge is 0.333 e. The van der Waals surface area contributed by atoms with Gasteiger partial charge in [-0.05, 0) is 44.0 Å². The molecule has 0 N–H and O–H groups in total. The molecule has 0 fully saturated rings. The van der Waals surface area contributed by atoms with Gasteiger partial charge in [0.15, 0.2) is 8.32 Å². The molecule has 0 unspecified atom stereocenters. The van der Waals surface area contributed by atoms with E-state index in [1.54, 1.807) is 6.92 Å². The molecular formula is C20H34O3Si. The molecule has 0 amide bonds. The number of carbonyl (C=O) groups is 1. The fraction of sp³-hybridized carbons (Fsp3) is 0.650. The molecule has 3 nitrogen and oxygen atoms in total. The monoisotopic (exact) mass is 350 g/mol. The summed E-state index contributed by atoms with van der Waals surface area (Å²) >= 11 is 0. The highest BCUT2D eigenvalue weighted by Crippen LogP contribution is 2.38. The Bertz CT molecular complexity index is 530. The average Bonchev–Trinajstić information content (AvgIpc) is 2.48. The molecule has 0 radical (unpaired) electrons. The topological polar surface area (TPSA) is 35.5 Å². The number of esters is 1. The van der Waals surface area contributed by atoms with Crippen molar-refractivity contribution in [3.8, 4) is 12.3 Å². The summed E-state index contributed by atoms with van der Waals surface area (Å²) in [6.45, 7) is 16.9. The maximum Gasteiger partial charge on any atom is 0.333 e. The molecular weight excluding hydrogens is 316 g/mol. The van der Waals surface area contributed by atoms with Gasteiger partial charge in [-0.3, -0.25) is 0 Å². The molecule has 0 bridgehead atoms. The lowest BCUT2D eigenvalue weighted by Crippen LogP contribution is -2.45. The van der Waals surface area contributed by atoms with Gasteiger partial charge in [-0.15, -0.1) is 6.42 Å². The molecule has 0 rings (SSSR count). The van der Waals surface area contributed by atoms with Gasteiger partial charge in [0.05, 0.1) is 13.2 Å². The second-order valence-electron chi connectivity index (χ2n) is 7.88. The van der Waals surface area contributed by atoms with Crippen LogP contribution in [-0.4, -0.2) is 27.5 Å². The minimum atomic E-state index is -1.93. The molecule has 4 heteroatoms. The highest BCUT2D eigenvalue weighted by molar-refractivity contribution is 6.74. The summed E-state index contributed by atoms with van der Waals surface area (Å²) in [5.74, 6) is 2.53. The molecule has 0 heterocycles. The molecule has 0 aromatic rings. The molecule has 0 saturated heterocycles. The highest BCUT2D eigenvalue weighted by atomic mass is 28.4. The van der Waals surface area contributed by atoms with Crippen molar-refractivity contribution >= 4 is 14.3 Å². The Balaban J connectivity index is 5.47. The Morgan fingerprint density at radius 3 is 2.25 bits per heavy atom. The summed E-state index contributed by atoms with van der Waals surface area (Å²) in [6, 6.07) is 0. The van der Waals surface area contributed by atoms with Gasteiger partial charge in [-0.1, -0.05) is 45.8 Å². The first-order valence-corrected chi connectivity index (χ1v) is 11.3. The third-order valence-corrected chi connectivity index (χ3v) is 9.25. The van der Waals surface area contributed by atoms with Crippen LogP contribution in [0.5, 0.6) is 0 Å². The largest absolute Gasteiger partial charge is 0.466 e. The number of hydrogen-bond acceptors (Lipinski definition) is 3. The van der Waals surface area contributed by atoms with E-state index in [0.717, 1.165) is 5.57 Å². The van der Waals surface area contributed by atoms with Crippen molar-refractivity contribution in [2.45, 2.75) is 72.2 Å². The summed E-state index contributed by atoms with van der Waals surface area (Å²) in [4.78, 5) is 11.6. The first-order chi connectivity index (χ1) is 10.9. The highest BCUT2D eigenvalue weighted by Gasteiger charge is 2.39. The van der Waals surface area contributed by atoms with E-state index in [0.29, 0.717) is 12.0 Å². The van der Waals surface area contributed by atoms with Gasteiger partial charge in [0.1, 0.15) is 0 Å². The standard InChI is InChI=1S/C20H34O3Si/c1-11-15(2)14-17(4)18(13-12-16(3)19(21)22-8)23-24(9,10)20(5,6)7/h1,12,14,17-18H,13H2,2-10H3/b15-14+,16-12-/t17-,18-/m0/s1. The molecule has 0 aliphatic rings. The van der Waals surface area contributed by atoms with Crippen LogP contribution in [0.15, 0.2) is 23.3 Å². The zero-order valence-corrected chi connectivity index (χ0v) is 17.8. The van der Waals surface area contributed by atoms with Gasteiger partial charge in [0.25, 0.3) is 0 Å². The first-order valence-electron chi connectivity index (χ1n) is 8.43. The fourth-order valence-electron chi connectivity index (χ4n) is 2.01. The van der Waals surface area contributed by atoms with E-state index in [2.05, 4.69) is 52.8 Å². The lowest BCUT2D eigenvalue weighted by Gasteiger charge is -2.40. The predicted octanol–water partition coefficient (Wildman–Crippen LogP) is 5.10. The molecule has 0 aliphatic carbocycles. The van der Waals surface area contributed by atoms with E-state index in [1.165, 1.54) is 7.11 Å². The number of terminal acetylenes is 1. The summed E-state index contributed by atoms with van der Waals surface area (Å²) in [5.41, 5.74) is 1.51. The van der Waals surface area contributed by atoms with Crippen LogP contribution < -0.4 is 0 Å². The molecule has 136 valence electrons. The second kappa shape index (κ2) is 9.24. The van der Waals surface area contributed by atoms with Crippen molar-refractivity contribution in [1.82, 2.24) is 0 Å². The lowest BCUT2D eigenvalue weighted by atomic mass is 9.98. The van der Waals surface area contributed by atoms with Crippen LogP contribution in [-0.2, 0) is 14.0 Å². The minimum absolute atomic E-state index is 0.0196. The third kappa shape index (κ3) is 7.07. The van der Waals surface area contributed by atoms with E-state index >= 15 is 0 Å². The molecule has 24 heavy (non-hydrogen) atoms. The van der Waals surface area contributed by atoms with Gasteiger partial charge in [-0.2, -0.15) is 0 Å². The predicted molar refractivity (Wildman–Crippen MR) is 104 cm³/mol. The number of rotatable bonds is 7. The number of methoxy groups -OCH3 is 1. The molecule has 0 spiro atoms. The van der Waals surface area contributed by atoms with E-state index in [-0.39, 0.29) is 23.0 Å². The van der Waals surface area contributed by atoms with Crippen LogP contribution in [0.4, 0.5) is 0 Å². The minimum Gasteiger partial charge on any atom is -0.466 e. The molecule has 0 aromatic heterocycles. The normalized spacial score (nSPS) is 16.3. The Kier molecular flexibility index (Phi) is 8.74. The van der Waals surface area contributed by atoms with Crippen molar-refractivity contribution in [2.24, 2.45) is 5.92 Å². The van der Waals surface area contributed by atoms with E-state index in [4.69, 9.17) is 15.6 Å². The van der Waals surface area contributed by atoms with Crippen molar-refractivity contribution < 1.29 is 14.0 Å². The van der Waals surface area contributed by atoms with Crippen molar-refractivity contribution in [3.63, 3.8) is 0 Å². The fourth-order valence-corrected chi connectivity index (χ4v) is 3.43. The van der Waals surface area contributed by atoms with Gasteiger partial charge < -0.3 is 9.16 Å². The zero-order chi connectivity index (χ0) is 19.1. The molecule has 0 aliphatic heterocycles. The number of ether oxygens (including phenoxy) is 1. The van der Waals surface area contributed by atoms with Crippen LogP contribution in [0.2, 0.25) is 18.1 Å². The Morgan fingerprint density at radius 1 is 1.29 bits per heavy atom. The molecule has 0 aromatic carbocycles. The molecule has 2 atom stereocenters. The number of allylic oxidation sites excluding steroid dienone is 1. The van der Waals surface area contributed by atoms with Gasteiger partial charge in [0.2, 0.25) is 0 Å². The Labute approximate surface area is 149 Å². The van der Waals surface area contributed by atoms with Crippen molar-refractivity contribution in [2.75, 3.05) is 7.11 Å².